The molecule has 0 fully saturated rings. The molecule has 0 amide bonds. The molecule has 0 bridgehead atoms. The zero-order valence-electron chi connectivity index (χ0n) is 33.5. The van der Waals surface area contributed by atoms with Gasteiger partial charge in [-0.3, -0.25) is 9.59 Å². The van der Waals surface area contributed by atoms with Crippen LogP contribution >= 0.6 is 9.03 Å². The summed E-state index contributed by atoms with van der Waals surface area (Å²) in [5.74, 6) is -0.470. The van der Waals surface area contributed by atoms with E-state index in [-0.39, 0.29) is 34.2 Å². The molecule has 0 aromatic heterocycles. The molecule has 2 unspecified atom stereocenters. The molecule has 8 heteroatoms. The molecule has 50 heavy (non-hydrogen) atoms. The molecule has 298 valence electrons. The summed E-state index contributed by atoms with van der Waals surface area (Å²) in [7, 11) is 1.73. The number of hydrogen-bond donors (Lipinski definition) is 1. The molecular formula is C42H84NO6P. The number of rotatable bonds is 42. The van der Waals surface area contributed by atoms with E-state index in [2.05, 4.69) is 19.2 Å². The molecule has 0 spiro atoms. The maximum atomic E-state index is 12.6. The fourth-order valence-corrected chi connectivity index (χ4v) is 6.79. The highest BCUT2D eigenvalue weighted by atomic mass is 31.1. The van der Waals surface area contributed by atoms with Crippen LogP contribution in [0.25, 0.3) is 0 Å². The first kappa shape index (κ1) is 49.2. The third-order valence-corrected chi connectivity index (χ3v) is 10.1. The van der Waals surface area contributed by atoms with Crippen LogP contribution in [0.2, 0.25) is 0 Å². The summed E-state index contributed by atoms with van der Waals surface area (Å²) in [5.41, 5.74) is 0. The number of nitrogens with one attached hydrogen (secondary N) is 1. The predicted octanol–water partition coefficient (Wildman–Crippen LogP) is 12.7. The molecule has 0 aromatic rings. The van der Waals surface area contributed by atoms with Gasteiger partial charge in [0.05, 0.1) is 13.2 Å². The fourth-order valence-electron chi connectivity index (χ4n) is 6.26. The van der Waals surface area contributed by atoms with Crippen LogP contribution < -0.4 is 5.32 Å². The van der Waals surface area contributed by atoms with Crippen molar-refractivity contribution in [3.05, 3.63) is 0 Å². The first-order chi connectivity index (χ1) is 24.6. The highest BCUT2D eigenvalue weighted by Gasteiger charge is 2.18. The molecule has 7 nitrogen and oxygen atoms in total. The van der Waals surface area contributed by atoms with E-state index in [4.69, 9.17) is 18.5 Å². The van der Waals surface area contributed by atoms with E-state index in [1.54, 1.807) is 0 Å². The van der Waals surface area contributed by atoms with Crippen LogP contribution in [-0.4, -0.2) is 51.5 Å². The van der Waals surface area contributed by atoms with Gasteiger partial charge in [-0.2, -0.15) is 0 Å². The van der Waals surface area contributed by atoms with Gasteiger partial charge in [-0.25, -0.2) is 0 Å². The highest BCUT2D eigenvalue weighted by Crippen LogP contribution is 2.17. The van der Waals surface area contributed by atoms with Crippen LogP contribution in [0.15, 0.2) is 0 Å². The molecule has 0 saturated heterocycles. The lowest BCUT2D eigenvalue weighted by atomic mass is 10.0. The Kier molecular flexibility index (Phi) is 42.0. The predicted molar refractivity (Wildman–Crippen MR) is 214 cm³/mol. The van der Waals surface area contributed by atoms with E-state index in [9.17, 15) is 9.59 Å². The highest BCUT2D eigenvalue weighted by molar-refractivity contribution is 7.26. The van der Waals surface area contributed by atoms with Gasteiger partial charge in [0.25, 0.3) is 0 Å². The van der Waals surface area contributed by atoms with Crippen LogP contribution in [0.5, 0.6) is 0 Å². The van der Waals surface area contributed by atoms with Crippen molar-refractivity contribution >= 4 is 21.0 Å². The van der Waals surface area contributed by atoms with Crippen molar-refractivity contribution in [2.75, 3.05) is 33.4 Å². The summed E-state index contributed by atoms with van der Waals surface area (Å²) >= 11 is 0. The fraction of sp³-hybridized carbons (Fsp3) is 0.952. The number of unbranched alkanes of at least 4 members (excludes halogenated alkanes) is 28. The molecule has 0 radical (unpaired) electrons. The summed E-state index contributed by atoms with van der Waals surface area (Å²) in [6, 6.07) is 0. The minimum atomic E-state index is -0.607. The van der Waals surface area contributed by atoms with E-state index >= 15 is 0 Å². The Morgan fingerprint density at radius 3 is 1.22 bits per heavy atom. The summed E-state index contributed by atoms with van der Waals surface area (Å²) in [6.45, 7) is 6.03. The van der Waals surface area contributed by atoms with Gasteiger partial charge in [0.2, 0.25) is 0 Å². The van der Waals surface area contributed by atoms with Crippen molar-refractivity contribution in [2.45, 2.75) is 225 Å². The minimum Gasteiger partial charge on any atom is -0.462 e. The van der Waals surface area contributed by atoms with E-state index in [1.807, 2.05) is 7.05 Å². The lowest BCUT2D eigenvalue weighted by Crippen LogP contribution is -2.29. The molecular weight excluding hydrogens is 645 g/mol. The maximum absolute atomic E-state index is 12.6. The van der Waals surface area contributed by atoms with E-state index in [1.165, 1.54) is 167 Å². The second kappa shape index (κ2) is 42.7. The van der Waals surface area contributed by atoms with Crippen molar-refractivity contribution in [1.29, 1.82) is 0 Å². The molecule has 0 aliphatic rings. The van der Waals surface area contributed by atoms with Gasteiger partial charge in [0, 0.05) is 19.4 Å². The number of likely N-dealkylation sites (N-methyl/N-ethyl adjacent to an activating group) is 1. The van der Waals surface area contributed by atoms with E-state index < -0.39 is 6.10 Å². The minimum absolute atomic E-state index is 0.0309. The Balaban J connectivity index is 3.95. The Labute approximate surface area is 312 Å². The normalized spacial score (nSPS) is 12.2. The van der Waals surface area contributed by atoms with Crippen LogP contribution in [0, 0.1) is 0 Å². The quantitative estimate of drug-likeness (QED) is 0.0380. The van der Waals surface area contributed by atoms with Crippen molar-refractivity contribution in [1.82, 2.24) is 5.32 Å². The summed E-state index contributed by atoms with van der Waals surface area (Å²) in [4.78, 5) is 25.0. The van der Waals surface area contributed by atoms with Crippen molar-refractivity contribution < 1.29 is 28.1 Å². The standard InChI is InChI=1S/C42H84NO6P/c1-4-6-8-10-12-14-16-18-20-22-24-26-28-30-32-34-41(44)46-38-40(39-48-50-47-37-36-43-3)49-42(45)35-33-31-29-27-25-23-21-19-17-15-13-11-9-7-5-2/h40,43,50H,4-39H2,1-3H3. The largest absolute Gasteiger partial charge is 0.462 e. The zero-order chi connectivity index (χ0) is 36.4. The monoisotopic (exact) mass is 730 g/mol. The van der Waals surface area contributed by atoms with Gasteiger partial charge in [-0.05, 0) is 19.9 Å². The second-order valence-electron chi connectivity index (χ2n) is 14.5. The van der Waals surface area contributed by atoms with Crippen LogP contribution in [0.4, 0.5) is 0 Å². The smallest absolute Gasteiger partial charge is 0.306 e. The molecule has 2 atom stereocenters. The first-order valence-corrected chi connectivity index (χ1v) is 22.4. The van der Waals surface area contributed by atoms with Gasteiger partial charge < -0.3 is 23.8 Å². The Morgan fingerprint density at radius 2 is 0.840 bits per heavy atom. The average Bonchev–Trinajstić information content (AvgIpc) is 3.11. The zero-order valence-corrected chi connectivity index (χ0v) is 34.5. The summed E-state index contributed by atoms with van der Waals surface area (Å²) in [6.07, 6.45) is 39.0. The molecule has 0 saturated carbocycles. The molecule has 0 heterocycles. The molecule has 1 N–H and O–H groups in total. The SMILES string of the molecule is CCCCCCCCCCCCCCCCCC(=O)OCC(COPOCCNC)OC(=O)CCCCCCCCCCCCCCCCC. The van der Waals surface area contributed by atoms with Gasteiger partial charge in [-0.15, -0.1) is 0 Å². The van der Waals surface area contributed by atoms with Crippen LogP contribution in [-0.2, 0) is 28.1 Å². The van der Waals surface area contributed by atoms with E-state index in [0.717, 1.165) is 32.2 Å². The summed E-state index contributed by atoms with van der Waals surface area (Å²) in [5, 5.41) is 3.02. The van der Waals surface area contributed by atoms with Gasteiger partial charge in [0.1, 0.15) is 6.61 Å². The number of ether oxygens (including phenoxy) is 2. The lowest BCUT2D eigenvalue weighted by Gasteiger charge is -2.18. The molecule has 0 aliphatic carbocycles. The van der Waals surface area contributed by atoms with Crippen molar-refractivity contribution in [3.63, 3.8) is 0 Å². The lowest BCUT2D eigenvalue weighted by molar-refractivity contribution is -0.161. The Hall–Kier alpha value is -0.750. The van der Waals surface area contributed by atoms with E-state index in [0.29, 0.717) is 19.4 Å². The third kappa shape index (κ3) is 40.0. The maximum Gasteiger partial charge on any atom is 0.306 e. The van der Waals surface area contributed by atoms with Crippen LogP contribution in [0.1, 0.15) is 219 Å². The first-order valence-electron chi connectivity index (χ1n) is 21.6. The summed E-state index contributed by atoms with van der Waals surface area (Å²) < 4.78 is 22.2. The average molecular weight is 730 g/mol. The second-order valence-corrected chi connectivity index (χ2v) is 15.3. The number of hydrogen-bond acceptors (Lipinski definition) is 7. The third-order valence-electron chi connectivity index (χ3n) is 9.54. The van der Waals surface area contributed by atoms with Gasteiger partial charge in [-0.1, -0.05) is 194 Å². The topological polar surface area (TPSA) is 83.1 Å². The molecule has 0 aromatic carbocycles. The number of esters is 2. The molecule has 0 aliphatic heterocycles. The number of carbonyl (C=O) groups is 2. The number of carbonyl (C=O) groups excluding carboxylic acids is 2. The molecule has 0 rings (SSSR count). The van der Waals surface area contributed by atoms with Crippen molar-refractivity contribution in [3.8, 4) is 0 Å². The Morgan fingerprint density at radius 1 is 0.480 bits per heavy atom. The van der Waals surface area contributed by atoms with Crippen molar-refractivity contribution in [2.24, 2.45) is 0 Å². The Bertz CT molecular complexity index is 697. The van der Waals surface area contributed by atoms with Gasteiger partial charge in [0.15, 0.2) is 15.1 Å². The van der Waals surface area contributed by atoms with Gasteiger partial charge >= 0.3 is 11.9 Å². The van der Waals surface area contributed by atoms with Crippen LogP contribution in [0.3, 0.4) is 0 Å².